The van der Waals surface area contributed by atoms with Gasteiger partial charge in [0.15, 0.2) is 0 Å². The number of fused-ring (bicyclic) bond motifs is 8. The lowest BCUT2D eigenvalue weighted by Crippen LogP contribution is -2.10. The van der Waals surface area contributed by atoms with Gasteiger partial charge in [-0.15, -0.1) is 0 Å². The molecule has 2 aliphatic rings. The summed E-state index contributed by atoms with van der Waals surface area (Å²) in [6.07, 6.45) is 3.00. The van der Waals surface area contributed by atoms with Gasteiger partial charge in [0, 0.05) is 5.39 Å². The Bertz CT molecular complexity index is 998. The second-order valence-electron chi connectivity index (χ2n) is 6.25. The molecule has 1 aliphatic heterocycles. The summed E-state index contributed by atoms with van der Waals surface area (Å²) in [6.45, 7) is 3.27. The number of ether oxygens (including phenoxy) is 2. The highest BCUT2D eigenvalue weighted by Crippen LogP contribution is 2.50. The molecule has 0 amide bonds. The topological polar surface area (TPSA) is 18.5 Å². The zero-order valence-electron chi connectivity index (χ0n) is 13.6. The minimum absolute atomic E-state index is 0.568. The standard InChI is InChI=1S/C22H18O2/c1-2-23-19-11-12-24-22-17-10-6-5-9-16(17)20-15-8-4-3-7-14(15)13-18(20)21(19)22/h3-11H,2,12-13H2,1H3. The summed E-state index contributed by atoms with van der Waals surface area (Å²) in [5, 5.41) is 2.45. The predicted molar refractivity (Wildman–Crippen MR) is 97.3 cm³/mol. The summed E-state index contributed by atoms with van der Waals surface area (Å²) < 4.78 is 12.0. The molecule has 0 radical (unpaired) electrons. The van der Waals surface area contributed by atoms with Crippen LogP contribution in [0.3, 0.4) is 0 Å². The highest BCUT2D eigenvalue weighted by Gasteiger charge is 2.30. The molecule has 0 bridgehead atoms. The zero-order chi connectivity index (χ0) is 16.1. The van der Waals surface area contributed by atoms with E-state index in [0.717, 1.165) is 23.5 Å². The molecule has 0 atom stereocenters. The maximum absolute atomic E-state index is 6.08. The van der Waals surface area contributed by atoms with Gasteiger partial charge in [0.2, 0.25) is 0 Å². The van der Waals surface area contributed by atoms with Gasteiger partial charge in [-0.25, -0.2) is 0 Å². The van der Waals surface area contributed by atoms with Gasteiger partial charge >= 0.3 is 0 Å². The summed E-state index contributed by atoms with van der Waals surface area (Å²) in [6, 6.07) is 17.3. The summed E-state index contributed by atoms with van der Waals surface area (Å²) in [5.74, 6) is 1.94. The van der Waals surface area contributed by atoms with Crippen molar-refractivity contribution in [1.29, 1.82) is 0 Å². The number of hydrogen-bond donors (Lipinski definition) is 0. The third-order valence-corrected chi connectivity index (χ3v) is 4.97. The fourth-order valence-electron chi connectivity index (χ4n) is 4.05. The van der Waals surface area contributed by atoms with Crippen molar-refractivity contribution >= 4 is 16.5 Å². The quantitative estimate of drug-likeness (QED) is 0.507. The Balaban J connectivity index is 1.92. The molecule has 3 aromatic rings. The van der Waals surface area contributed by atoms with Gasteiger partial charge in [-0.3, -0.25) is 0 Å². The fourth-order valence-corrected chi connectivity index (χ4v) is 4.05. The number of hydrogen-bond acceptors (Lipinski definition) is 2. The first-order valence-electron chi connectivity index (χ1n) is 8.50. The van der Waals surface area contributed by atoms with E-state index in [1.54, 1.807) is 0 Å². The van der Waals surface area contributed by atoms with E-state index in [9.17, 15) is 0 Å². The maximum Gasteiger partial charge on any atom is 0.138 e. The van der Waals surface area contributed by atoms with E-state index >= 15 is 0 Å². The molecule has 2 heteroatoms. The minimum Gasteiger partial charge on any atom is -0.493 e. The normalized spacial score (nSPS) is 14.5. The Hall–Kier alpha value is -2.74. The lowest BCUT2D eigenvalue weighted by Gasteiger charge is -2.24. The first kappa shape index (κ1) is 13.7. The van der Waals surface area contributed by atoms with Crippen LogP contribution in [0.1, 0.15) is 23.6 Å². The molecule has 3 aromatic carbocycles. The first-order valence-corrected chi connectivity index (χ1v) is 8.50. The Labute approximate surface area is 141 Å². The van der Waals surface area contributed by atoms with Gasteiger partial charge in [-0.1, -0.05) is 48.5 Å². The Kier molecular flexibility index (Phi) is 2.93. The van der Waals surface area contributed by atoms with Gasteiger partial charge in [0.05, 0.1) is 12.2 Å². The Morgan fingerprint density at radius 2 is 1.75 bits per heavy atom. The average Bonchev–Trinajstić information content (AvgIpc) is 3.02. The Morgan fingerprint density at radius 3 is 2.62 bits per heavy atom. The second-order valence-corrected chi connectivity index (χ2v) is 6.25. The van der Waals surface area contributed by atoms with Gasteiger partial charge in [0.25, 0.3) is 0 Å². The van der Waals surface area contributed by atoms with E-state index < -0.39 is 0 Å². The first-order chi connectivity index (χ1) is 11.9. The molecular formula is C22H18O2. The molecule has 0 fully saturated rings. The van der Waals surface area contributed by atoms with E-state index in [2.05, 4.69) is 54.6 Å². The van der Waals surface area contributed by atoms with Crippen LogP contribution < -0.4 is 4.74 Å². The minimum atomic E-state index is 0.568. The third kappa shape index (κ3) is 1.77. The van der Waals surface area contributed by atoms with Crippen LogP contribution in [0, 0.1) is 0 Å². The van der Waals surface area contributed by atoms with Crippen LogP contribution in [0.5, 0.6) is 5.75 Å². The van der Waals surface area contributed by atoms with E-state index in [1.165, 1.54) is 33.0 Å². The third-order valence-electron chi connectivity index (χ3n) is 4.97. The van der Waals surface area contributed by atoms with Crippen molar-refractivity contribution in [3.05, 3.63) is 71.3 Å². The summed E-state index contributed by atoms with van der Waals surface area (Å²) in [7, 11) is 0. The van der Waals surface area contributed by atoms with E-state index in [0.29, 0.717) is 13.2 Å². The maximum atomic E-state index is 6.08. The van der Waals surface area contributed by atoms with Crippen molar-refractivity contribution in [2.75, 3.05) is 13.2 Å². The number of rotatable bonds is 2. The highest BCUT2D eigenvalue weighted by atomic mass is 16.5. The highest BCUT2D eigenvalue weighted by molar-refractivity contribution is 6.07. The Morgan fingerprint density at radius 1 is 0.958 bits per heavy atom. The van der Waals surface area contributed by atoms with Gasteiger partial charge in [-0.2, -0.15) is 0 Å². The van der Waals surface area contributed by atoms with E-state index in [4.69, 9.17) is 9.47 Å². The van der Waals surface area contributed by atoms with Crippen LogP contribution in [0.15, 0.2) is 54.6 Å². The van der Waals surface area contributed by atoms with Crippen molar-refractivity contribution in [2.45, 2.75) is 13.3 Å². The SMILES string of the molecule is CCOC1=CCOc2c1c1c(c3ccccc23)-c2ccccc2C1. The largest absolute Gasteiger partial charge is 0.493 e. The molecule has 1 aliphatic carbocycles. The fraction of sp³-hybridized carbons (Fsp3) is 0.182. The molecule has 118 valence electrons. The molecule has 1 heterocycles. The molecule has 0 saturated heterocycles. The summed E-state index contributed by atoms with van der Waals surface area (Å²) in [4.78, 5) is 0. The van der Waals surface area contributed by atoms with Crippen LogP contribution in [0.4, 0.5) is 0 Å². The van der Waals surface area contributed by atoms with E-state index in [-0.39, 0.29) is 0 Å². The monoisotopic (exact) mass is 314 g/mol. The van der Waals surface area contributed by atoms with E-state index in [1.807, 2.05) is 6.92 Å². The lowest BCUT2D eigenvalue weighted by atomic mass is 9.91. The molecule has 0 spiro atoms. The van der Waals surface area contributed by atoms with Crippen LogP contribution in [0.25, 0.3) is 27.7 Å². The number of benzene rings is 3. The molecule has 0 N–H and O–H groups in total. The summed E-state index contributed by atoms with van der Waals surface area (Å²) >= 11 is 0. The second kappa shape index (κ2) is 5.13. The van der Waals surface area contributed by atoms with Crippen molar-refractivity contribution in [1.82, 2.24) is 0 Å². The van der Waals surface area contributed by atoms with Crippen LogP contribution >= 0.6 is 0 Å². The molecule has 2 nitrogen and oxygen atoms in total. The smallest absolute Gasteiger partial charge is 0.138 e. The van der Waals surface area contributed by atoms with Gasteiger partial charge in [-0.05, 0) is 47.1 Å². The van der Waals surface area contributed by atoms with Crippen LogP contribution in [-0.4, -0.2) is 13.2 Å². The molecule has 24 heavy (non-hydrogen) atoms. The lowest BCUT2D eigenvalue weighted by molar-refractivity contribution is 0.280. The molecule has 0 aromatic heterocycles. The van der Waals surface area contributed by atoms with Crippen molar-refractivity contribution in [3.8, 4) is 16.9 Å². The zero-order valence-corrected chi connectivity index (χ0v) is 13.6. The molecule has 5 rings (SSSR count). The van der Waals surface area contributed by atoms with Crippen LogP contribution in [0.2, 0.25) is 0 Å². The predicted octanol–water partition coefficient (Wildman–Crippen LogP) is 5.18. The van der Waals surface area contributed by atoms with Crippen molar-refractivity contribution < 1.29 is 9.47 Å². The molecule has 0 saturated carbocycles. The van der Waals surface area contributed by atoms with Crippen molar-refractivity contribution in [3.63, 3.8) is 0 Å². The molecule has 0 unspecified atom stereocenters. The summed E-state index contributed by atoms with van der Waals surface area (Å²) in [5.41, 5.74) is 6.55. The van der Waals surface area contributed by atoms with Gasteiger partial charge < -0.3 is 9.47 Å². The van der Waals surface area contributed by atoms with Gasteiger partial charge in [0.1, 0.15) is 18.1 Å². The van der Waals surface area contributed by atoms with Crippen LogP contribution in [-0.2, 0) is 11.2 Å². The average molecular weight is 314 g/mol. The molecular weight excluding hydrogens is 296 g/mol. The van der Waals surface area contributed by atoms with Crippen molar-refractivity contribution in [2.24, 2.45) is 0 Å².